The van der Waals surface area contributed by atoms with E-state index in [-0.39, 0.29) is 46.9 Å². The molecule has 0 bridgehead atoms. The molecule has 0 radical (unpaired) electrons. The zero-order valence-corrected chi connectivity index (χ0v) is 26.4. The molecule has 11 heteroatoms. The van der Waals surface area contributed by atoms with Crippen LogP contribution in [0.3, 0.4) is 0 Å². The maximum atomic E-state index is 14.8. The number of rotatable bonds is 6. The average Bonchev–Trinajstić information content (AvgIpc) is 3.65. The molecule has 0 spiro atoms. The van der Waals surface area contributed by atoms with Crippen LogP contribution in [0.4, 0.5) is 8.78 Å². The van der Waals surface area contributed by atoms with Crippen molar-refractivity contribution in [3.63, 3.8) is 0 Å². The summed E-state index contributed by atoms with van der Waals surface area (Å²) in [6.45, 7) is 12.7. The van der Waals surface area contributed by atoms with E-state index in [0.29, 0.717) is 30.2 Å². The van der Waals surface area contributed by atoms with Gasteiger partial charge in [0.2, 0.25) is 11.7 Å². The molecule has 0 saturated carbocycles. The van der Waals surface area contributed by atoms with Crippen molar-refractivity contribution in [1.29, 1.82) is 0 Å². The summed E-state index contributed by atoms with van der Waals surface area (Å²) in [7, 11) is 0. The minimum absolute atomic E-state index is 0.0102. The molecule has 8 nitrogen and oxygen atoms in total. The number of carbonyl (C=O) groups is 2. The predicted molar refractivity (Wildman–Crippen MR) is 163 cm³/mol. The number of piperidine rings is 1. The fourth-order valence-electron chi connectivity index (χ4n) is 5.69. The molecule has 2 amide bonds. The van der Waals surface area contributed by atoms with Gasteiger partial charge < -0.3 is 14.5 Å². The van der Waals surface area contributed by atoms with Gasteiger partial charge in [0.05, 0.1) is 24.7 Å². The summed E-state index contributed by atoms with van der Waals surface area (Å²) in [5, 5.41) is 8.35. The predicted octanol–water partition coefficient (Wildman–Crippen LogP) is 6.08. The highest BCUT2D eigenvalue weighted by Gasteiger charge is 2.44. The largest absolute Gasteiger partial charge is 0.491 e. The van der Waals surface area contributed by atoms with E-state index in [1.165, 1.54) is 12.1 Å². The normalized spacial score (nSPS) is 20.4. The van der Waals surface area contributed by atoms with E-state index < -0.39 is 23.2 Å². The number of likely N-dealkylation sites (tertiary alicyclic amines) is 1. The number of aromatic nitrogens is 3. The van der Waals surface area contributed by atoms with Crippen molar-refractivity contribution in [3.8, 4) is 17.0 Å². The van der Waals surface area contributed by atoms with Gasteiger partial charge in [-0.1, -0.05) is 38.1 Å². The molecule has 2 fully saturated rings. The van der Waals surface area contributed by atoms with Crippen LogP contribution < -0.4 is 4.74 Å². The first-order valence-electron chi connectivity index (χ1n) is 14.7. The Morgan fingerprint density at radius 1 is 1.09 bits per heavy atom. The lowest BCUT2D eigenvalue weighted by Crippen LogP contribution is -2.59. The summed E-state index contributed by atoms with van der Waals surface area (Å²) in [6.07, 6.45) is 3.01. The Hall–Kier alpha value is -3.47. The molecule has 0 N–H and O–H groups in total. The number of hydrogen-bond donors (Lipinski definition) is 0. The quantitative estimate of drug-likeness (QED) is 0.336. The van der Waals surface area contributed by atoms with Crippen molar-refractivity contribution in [2.75, 3.05) is 24.8 Å². The maximum Gasteiger partial charge on any atom is 0.255 e. The Morgan fingerprint density at radius 2 is 1.81 bits per heavy atom. The summed E-state index contributed by atoms with van der Waals surface area (Å²) in [6, 6.07) is 9.66. The van der Waals surface area contributed by atoms with E-state index in [1.807, 2.05) is 43.0 Å². The Morgan fingerprint density at radius 3 is 2.49 bits per heavy atom. The van der Waals surface area contributed by atoms with E-state index in [2.05, 4.69) is 31.1 Å². The summed E-state index contributed by atoms with van der Waals surface area (Å²) in [4.78, 5) is 31.2. The van der Waals surface area contributed by atoms with Crippen LogP contribution in [0.2, 0.25) is 0 Å². The summed E-state index contributed by atoms with van der Waals surface area (Å²) >= 11 is 1.57. The van der Waals surface area contributed by atoms with Crippen molar-refractivity contribution in [1.82, 2.24) is 24.8 Å². The first-order valence-corrected chi connectivity index (χ1v) is 15.8. The molecule has 3 heterocycles. The van der Waals surface area contributed by atoms with Gasteiger partial charge in [-0.05, 0) is 68.9 Å². The van der Waals surface area contributed by atoms with Gasteiger partial charge in [-0.3, -0.25) is 9.59 Å². The number of benzene rings is 2. The minimum Gasteiger partial charge on any atom is -0.491 e. The summed E-state index contributed by atoms with van der Waals surface area (Å²) < 4.78 is 36.1. The minimum atomic E-state index is -1.07. The number of carbonyl (C=O) groups excluding carboxylic acids is 2. The highest BCUT2D eigenvalue weighted by atomic mass is 32.2. The number of hydrogen-bond acceptors (Lipinski definition) is 6. The lowest BCUT2D eigenvalue weighted by Gasteiger charge is -2.47. The Bertz CT molecular complexity index is 1500. The van der Waals surface area contributed by atoms with Gasteiger partial charge >= 0.3 is 0 Å². The van der Waals surface area contributed by atoms with Gasteiger partial charge in [0.25, 0.3) is 5.91 Å². The second-order valence-electron chi connectivity index (χ2n) is 12.8. The lowest BCUT2D eigenvalue weighted by atomic mass is 9.86. The summed E-state index contributed by atoms with van der Waals surface area (Å²) in [5.41, 5.74) is 1.44. The topological polar surface area (TPSA) is 80.6 Å². The molecule has 3 aromatic rings. The molecule has 1 aromatic heterocycles. The van der Waals surface area contributed by atoms with Crippen molar-refractivity contribution in [3.05, 3.63) is 65.4 Å². The van der Waals surface area contributed by atoms with E-state index in [9.17, 15) is 18.4 Å². The second-order valence-corrected chi connectivity index (χ2v) is 13.8. The SMILES string of the molecule is CCOc1ccc(-c2cn(C3CCC(C)(C)N(C(=O)C4CSCN4C(=O)c4ccc(C(C)(C)C)cc4)C3)nn2)c(F)c1F. The molecule has 230 valence electrons. The molecule has 2 aromatic carbocycles. The number of thioether (sulfide) groups is 1. The number of ether oxygens (including phenoxy) is 1. The van der Waals surface area contributed by atoms with E-state index in [4.69, 9.17) is 4.74 Å². The zero-order chi connectivity index (χ0) is 31.1. The van der Waals surface area contributed by atoms with Gasteiger partial charge in [0.15, 0.2) is 11.6 Å². The molecule has 43 heavy (non-hydrogen) atoms. The van der Waals surface area contributed by atoms with E-state index >= 15 is 0 Å². The van der Waals surface area contributed by atoms with Crippen LogP contribution in [0, 0.1) is 11.6 Å². The molecule has 2 unspecified atom stereocenters. The number of nitrogens with zero attached hydrogens (tertiary/aromatic N) is 5. The third-order valence-electron chi connectivity index (χ3n) is 8.41. The molecule has 2 atom stereocenters. The van der Waals surface area contributed by atoms with E-state index in [0.717, 1.165) is 12.0 Å². The van der Waals surface area contributed by atoms with Crippen molar-refractivity contribution in [2.24, 2.45) is 0 Å². The highest BCUT2D eigenvalue weighted by molar-refractivity contribution is 7.99. The van der Waals surface area contributed by atoms with Gasteiger partial charge in [-0.25, -0.2) is 9.07 Å². The standard InChI is InChI=1S/C32H39F2N5O3S/c1-7-42-26-13-12-23(27(33)28(26)34)24-17-39(36-35-24)22-14-15-32(5,6)38(16-22)30(41)25-18-43-19-37(25)29(40)20-8-10-21(11-9-20)31(2,3)4/h8-13,17,22,25H,7,14-16,18-19H2,1-6H3. The molecular formula is C32H39F2N5O3S. The van der Waals surface area contributed by atoms with Gasteiger partial charge in [0.1, 0.15) is 11.7 Å². The van der Waals surface area contributed by atoms with Crippen molar-refractivity contribution >= 4 is 23.6 Å². The monoisotopic (exact) mass is 611 g/mol. The fraction of sp³-hybridized carbons (Fsp3) is 0.500. The molecule has 2 aliphatic rings. The third kappa shape index (κ3) is 6.14. The molecular weight excluding hydrogens is 572 g/mol. The van der Waals surface area contributed by atoms with Crippen LogP contribution in [0.15, 0.2) is 42.6 Å². The highest BCUT2D eigenvalue weighted by Crippen LogP contribution is 2.36. The van der Waals surface area contributed by atoms with Crippen LogP contribution in [0.5, 0.6) is 5.75 Å². The van der Waals surface area contributed by atoms with Crippen LogP contribution in [0.1, 0.15) is 76.3 Å². The lowest BCUT2D eigenvalue weighted by molar-refractivity contribution is -0.143. The maximum absolute atomic E-state index is 14.8. The van der Waals surface area contributed by atoms with Gasteiger partial charge in [-0.2, -0.15) is 4.39 Å². The van der Waals surface area contributed by atoms with Crippen molar-refractivity contribution in [2.45, 2.75) is 77.4 Å². The fourth-order valence-corrected chi connectivity index (χ4v) is 6.83. The Balaban J connectivity index is 1.33. The van der Waals surface area contributed by atoms with Crippen molar-refractivity contribution < 1.29 is 23.1 Å². The second kappa shape index (κ2) is 11.9. The van der Waals surface area contributed by atoms with Crippen LogP contribution in [-0.4, -0.2) is 73.0 Å². The summed E-state index contributed by atoms with van der Waals surface area (Å²) in [5.74, 6) is -1.54. The first-order chi connectivity index (χ1) is 20.3. The molecule has 2 saturated heterocycles. The molecule has 0 aliphatic carbocycles. The van der Waals surface area contributed by atoms with E-state index in [1.54, 1.807) is 34.5 Å². The first kappa shape index (κ1) is 31.0. The number of halogens is 2. The van der Waals surface area contributed by atoms with Crippen LogP contribution in [0.25, 0.3) is 11.3 Å². The third-order valence-corrected chi connectivity index (χ3v) is 9.42. The molecule has 5 rings (SSSR count). The van der Waals surface area contributed by atoms with Gasteiger partial charge in [-0.15, -0.1) is 16.9 Å². The molecule has 2 aliphatic heterocycles. The number of amides is 2. The smallest absolute Gasteiger partial charge is 0.255 e. The van der Waals surface area contributed by atoms with Crippen LogP contribution in [-0.2, 0) is 10.2 Å². The Kier molecular flexibility index (Phi) is 8.57. The Labute approximate surface area is 255 Å². The van der Waals surface area contributed by atoms with Crippen LogP contribution >= 0.6 is 11.8 Å². The zero-order valence-electron chi connectivity index (χ0n) is 25.6. The van der Waals surface area contributed by atoms with Gasteiger partial charge in [0, 0.05) is 29.0 Å². The average molecular weight is 612 g/mol.